The topological polar surface area (TPSA) is 16.1 Å². The van der Waals surface area contributed by atoms with E-state index in [0.29, 0.717) is 6.04 Å². The van der Waals surface area contributed by atoms with E-state index in [1.807, 2.05) is 0 Å². The second kappa shape index (κ2) is 7.40. The minimum atomic E-state index is 0.291. The van der Waals surface area contributed by atoms with E-state index in [2.05, 4.69) is 106 Å². The minimum Gasteiger partial charge on any atom is -0.364 e. The highest BCUT2D eigenvalue weighted by atomic mass is 79.9. The molecule has 0 amide bonds. The minimum absolute atomic E-state index is 0.291. The van der Waals surface area contributed by atoms with E-state index in [-0.39, 0.29) is 0 Å². The molecule has 1 aromatic heterocycles. The van der Waals surface area contributed by atoms with Crippen molar-refractivity contribution >= 4 is 32.5 Å². The van der Waals surface area contributed by atoms with Crippen LogP contribution in [-0.4, -0.2) is 11.5 Å². The molecule has 0 N–H and O–H groups in total. The summed E-state index contributed by atoms with van der Waals surface area (Å²) in [5, 5.41) is 1.19. The van der Waals surface area contributed by atoms with Crippen molar-refractivity contribution in [3.63, 3.8) is 0 Å². The molecule has 3 heteroatoms. The van der Waals surface area contributed by atoms with Gasteiger partial charge in [0.05, 0.1) is 11.6 Å². The highest BCUT2D eigenvalue weighted by Gasteiger charge is 2.28. The van der Waals surface area contributed by atoms with Crippen molar-refractivity contribution in [2.45, 2.75) is 18.9 Å². The van der Waals surface area contributed by atoms with Gasteiger partial charge in [0, 0.05) is 34.2 Å². The quantitative estimate of drug-likeness (QED) is 0.378. The third kappa shape index (κ3) is 3.31. The maximum absolute atomic E-state index is 4.95. The molecule has 0 bridgehead atoms. The number of hydrogen-bond acceptors (Lipinski definition) is 2. The zero-order valence-corrected chi connectivity index (χ0v) is 17.1. The first kappa shape index (κ1) is 17.4. The van der Waals surface area contributed by atoms with Gasteiger partial charge in [0.2, 0.25) is 0 Å². The van der Waals surface area contributed by atoms with Crippen LogP contribution >= 0.6 is 15.9 Å². The van der Waals surface area contributed by atoms with Crippen molar-refractivity contribution in [2.75, 3.05) is 11.4 Å². The molecule has 28 heavy (non-hydrogen) atoms. The maximum atomic E-state index is 4.95. The predicted molar refractivity (Wildman–Crippen MR) is 120 cm³/mol. The molecule has 2 heterocycles. The van der Waals surface area contributed by atoms with Crippen LogP contribution < -0.4 is 4.90 Å². The lowest BCUT2D eigenvalue weighted by Gasteiger charge is -2.39. The Hall–Kier alpha value is -2.65. The summed E-state index contributed by atoms with van der Waals surface area (Å²) in [6.07, 6.45) is 1.98. The Balaban J connectivity index is 1.55. The smallest absolute Gasteiger partial charge is 0.0705 e. The summed E-state index contributed by atoms with van der Waals surface area (Å²) in [6, 6.07) is 30.5. The molecule has 3 aromatic carbocycles. The maximum Gasteiger partial charge on any atom is 0.0705 e. The zero-order chi connectivity index (χ0) is 18.9. The SMILES string of the molecule is Brc1ccc(N2CCc3ccccc3C2Cc2ccc3ccccc3n2)cc1. The van der Waals surface area contributed by atoms with Crippen molar-refractivity contribution in [1.82, 2.24) is 4.98 Å². The Kier molecular flexibility index (Phi) is 4.61. The number of benzene rings is 3. The lowest BCUT2D eigenvalue weighted by molar-refractivity contribution is 0.574. The summed E-state index contributed by atoms with van der Waals surface area (Å²) in [7, 11) is 0. The highest BCUT2D eigenvalue weighted by molar-refractivity contribution is 9.10. The molecule has 0 fully saturated rings. The molecule has 0 aliphatic carbocycles. The van der Waals surface area contributed by atoms with Crippen LogP contribution in [0.3, 0.4) is 0 Å². The third-order valence-corrected chi connectivity index (χ3v) is 6.16. The zero-order valence-electron chi connectivity index (χ0n) is 15.6. The number of anilines is 1. The first-order chi connectivity index (χ1) is 13.8. The second-order valence-electron chi connectivity index (χ2n) is 7.33. The number of aromatic nitrogens is 1. The molecular weight excluding hydrogens is 408 g/mol. The van der Waals surface area contributed by atoms with Gasteiger partial charge in [-0.05, 0) is 53.9 Å². The monoisotopic (exact) mass is 428 g/mol. The number of hydrogen-bond donors (Lipinski definition) is 0. The van der Waals surface area contributed by atoms with Gasteiger partial charge in [0.25, 0.3) is 0 Å². The van der Waals surface area contributed by atoms with Gasteiger partial charge in [-0.25, -0.2) is 0 Å². The number of rotatable bonds is 3. The molecule has 1 unspecified atom stereocenters. The number of nitrogens with zero attached hydrogens (tertiary/aromatic N) is 2. The van der Waals surface area contributed by atoms with E-state index >= 15 is 0 Å². The number of pyridine rings is 1. The standard InChI is InChI=1S/C25H21BrN2/c26-20-10-13-22(14-11-20)28-16-15-18-5-1-3-7-23(18)25(28)17-21-12-9-19-6-2-4-8-24(19)27-21/h1-14,25H,15-17H2. The molecule has 138 valence electrons. The fourth-order valence-electron chi connectivity index (χ4n) is 4.23. The Morgan fingerprint density at radius 3 is 2.54 bits per heavy atom. The normalized spacial score (nSPS) is 16.2. The average Bonchev–Trinajstić information content (AvgIpc) is 2.75. The Bertz CT molecular complexity index is 1120. The highest BCUT2D eigenvalue weighted by Crippen LogP contribution is 2.36. The van der Waals surface area contributed by atoms with Gasteiger partial charge in [0.1, 0.15) is 0 Å². The Labute approximate surface area is 174 Å². The van der Waals surface area contributed by atoms with Crippen molar-refractivity contribution in [3.8, 4) is 0 Å². The molecular formula is C25H21BrN2. The summed E-state index contributed by atoms with van der Waals surface area (Å²) in [5.74, 6) is 0. The molecule has 4 aromatic rings. The Morgan fingerprint density at radius 2 is 1.64 bits per heavy atom. The van der Waals surface area contributed by atoms with Crippen molar-refractivity contribution < 1.29 is 0 Å². The van der Waals surface area contributed by atoms with Gasteiger partial charge in [-0.3, -0.25) is 4.98 Å². The van der Waals surface area contributed by atoms with Crippen LogP contribution in [0.25, 0.3) is 10.9 Å². The summed E-state index contributed by atoms with van der Waals surface area (Å²) < 4.78 is 1.11. The molecule has 1 aliphatic heterocycles. The molecule has 0 radical (unpaired) electrons. The van der Waals surface area contributed by atoms with E-state index in [4.69, 9.17) is 4.98 Å². The van der Waals surface area contributed by atoms with Crippen molar-refractivity contribution in [3.05, 3.63) is 106 Å². The van der Waals surface area contributed by atoms with E-state index in [1.54, 1.807) is 0 Å². The lowest BCUT2D eigenvalue weighted by Crippen LogP contribution is -2.36. The molecule has 1 aliphatic rings. The van der Waals surface area contributed by atoms with Crippen LogP contribution in [0.4, 0.5) is 5.69 Å². The van der Waals surface area contributed by atoms with Crippen molar-refractivity contribution in [1.29, 1.82) is 0 Å². The van der Waals surface area contributed by atoms with Crippen LogP contribution in [0.5, 0.6) is 0 Å². The predicted octanol–water partition coefficient (Wildman–Crippen LogP) is 6.34. The van der Waals surface area contributed by atoms with E-state index < -0.39 is 0 Å². The molecule has 0 saturated heterocycles. The van der Waals surface area contributed by atoms with Crippen LogP contribution in [0.2, 0.25) is 0 Å². The van der Waals surface area contributed by atoms with E-state index in [0.717, 1.165) is 35.1 Å². The molecule has 1 atom stereocenters. The largest absolute Gasteiger partial charge is 0.364 e. The summed E-state index contributed by atoms with van der Waals surface area (Å²) >= 11 is 3.56. The molecule has 0 saturated carbocycles. The van der Waals surface area contributed by atoms with Crippen LogP contribution in [0.1, 0.15) is 22.9 Å². The van der Waals surface area contributed by atoms with E-state index in [9.17, 15) is 0 Å². The van der Waals surface area contributed by atoms with Crippen LogP contribution in [0.15, 0.2) is 89.4 Å². The van der Waals surface area contributed by atoms with Crippen LogP contribution in [0, 0.1) is 0 Å². The lowest BCUT2D eigenvalue weighted by atomic mass is 9.89. The fourth-order valence-corrected chi connectivity index (χ4v) is 4.50. The second-order valence-corrected chi connectivity index (χ2v) is 8.25. The molecule has 0 spiro atoms. The van der Waals surface area contributed by atoms with Gasteiger partial charge in [-0.1, -0.05) is 64.5 Å². The van der Waals surface area contributed by atoms with Gasteiger partial charge in [-0.15, -0.1) is 0 Å². The van der Waals surface area contributed by atoms with Gasteiger partial charge in [0.15, 0.2) is 0 Å². The first-order valence-electron chi connectivity index (χ1n) is 9.73. The van der Waals surface area contributed by atoms with Gasteiger partial charge >= 0.3 is 0 Å². The third-order valence-electron chi connectivity index (χ3n) is 5.63. The average molecular weight is 429 g/mol. The summed E-state index contributed by atoms with van der Waals surface area (Å²) in [4.78, 5) is 7.48. The van der Waals surface area contributed by atoms with Gasteiger partial charge < -0.3 is 4.90 Å². The number of fused-ring (bicyclic) bond motifs is 2. The Morgan fingerprint density at radius 1 is 0.857 bits per heavy atom. The summed E-state index contributed by atoms with van der Waals surface area (Å²) in [6.45, 7) is 1.02. The fraction of sp³-hybridized carbons (Fsp3) is 0.160. The summed E-state index contributed by atoms with van der Waals surface area (Å²) in [5.41, 5.74) is 6.36. The van der Waals surface area contributed by atoms with E-state index in [1.165, 1.54) is 22.2 Å². The number of para-hydroxylation sites is 1. The van der Waals surface area contributed by atoms with Crippen molar-refractivity contribution in [2.24, 2.45) is 0 Å². The number of halogens is 1. The van der Waals surface area contributed by atoms with Crippen LogP contribution in [-0.2, 0) is 12.8 Å². The molecule has 2 nitrogen and oxygen atoms in total. The van der Waals surface area contributed by atoms with Gasteiger partial charge in [-0.2, -0.15) is 0 Å². The first-order valence-corrected chi connectivity index (χ1v) is 10.5. The molecule has 5 rings (SSSR count).